The van der Waals surface area contributed by atoms with Gasteiger partial charge in [-0.1, -0.05) is 39.8 Å². The summed E-state index contributed by atoms with van der Waals surface area (Å²) in [6.07, 6.45) is 1.49. The van der Waals surface area contributed by atoms with Crippen molar-refractivity contribution in [2.75, 3.05) is 6.61 Å². The van der Waals surface area contributed by atoms with Gasteiger partial charge in [0.15, 0.2) is 5.78 Å². The molecule has 0 aliphatic heterocycles. The van der Waals surface area contributed by atoms with Gasteiger partial charge in [-0.25, -0.2) is 0 Å². The third-order valence-electron chi connectivity index (χ3n) is 2.62. The lowest BCUT2D eigenvalue weighted by Crippen LogP contribution is -2.12. The van der Waals surface area contributed by atoms with E-state index >= 15 is 0 Å². The second kappa shape index (κ2) is 5.85. The number of carbonyl (C=O) groups excluding carboxylic acids is 1. The fourth-order valence-corrected chi connectivity index (χ4v) is 1.48. The first-order chi connectivity index (χ1) is 7.94. The smallest absolute Gasteiger partial charge is 0.166 e. The van der Waals surface area contributed by atoms with Gasteiger partial charge in [-0.2, -0.15) is 0 Å². The molecule has 0 radical (unpaired) electrons. The van der Waals surface area contributed by atoms with Gasteiger partial charge in [0.25, 0.3) is 0 Å². The van der Waals surface area contributed by atoms with Crippen molar-refractivity contribution in [3.8, 4) is 5.75 Å². The molecular formula is C15H22O2. The van der Waals surface area contributed by atoms with Crippen LogP contribution in [0.4, 0.5) is 0 Å². The monoisotopic (exact) mass is 234 g/mol. The second-order valence-corrected chi connectivity index (χ2v) is 5.43. The molecule has 0 aliphatic carbocycles. The predicted molar refractivity (Wildman–Crippen MR) is 70.6 cm³/mol. The van der Waals surface area contributed by atoms with E-state index in [1.54, 1.807) is 0 Å². The summed E-state index contributed by atoms with van der Waals surface area (Å²) in [5.74, 6) is 0.847. The first-order valence-corrected chi connectivity index (χ1v) is 6.19. The first-order valence-electron chi connectivity index (χ1n) is 6.19. The SMILES string of the molecule is CCC(=O)c1ccccc1OCCC(C)(C)C. The zero-order valence-corrected chi connectivity index (χ0v) is 11.2. The fraction of sp³-hybridized carbons (Fsp3) is 0.533. The minimum atomic E-state index is 0.136. The number of rotatable bonds is 5. The summed E-state index contributed by atoms with van der Waals surface area (Å²) >= 11 is 0. The highest BCUT2D eigenvalue weighted by molar-refractivity contribution is 5.98. The molecule has 0 amide bonds. The Morgan fingerprint density at radius 2 is 1.88 bits per heavy atom. The van der Waals surface area contributed by atoms with Crippen molar-refractivity contribution < 1.29 is 9.53 Å². The highest BCUT2D eigenvalue weighted by Crippen LogP contribution is 2.22. The van der Waals surface area contributed by atoms with Gasteiger partial charge in [-0.3, -0.25) is 4.79 Å². The average molecular weight is 234 g/mol. The summed E-state index contributed by atoms with van der Waals surface area (Å²) in [4.78, 5) is 11.7. The lowest BCUT2D eigenvalue weighted by molar-refractivity contribution is 0.0983. The number of hydrogen-bond acceptors (Lipinski definition) is 2. The minimum absolute atomic E-state index is 0.136. The Morgan fingerprint density at radius 3 is 2.47 bits per heavy atom. The van der Waals surface area contributed by atoms with E-state index in [-0.39, 0.29) is 11.2 Å². The van der Waals surface area contributed by atoms with E-state index in [4.69, 9.17) is 4.74 Å². The number of ether oxygens (including phenoxy) is 1. The van der Waals surface area contributed by atoms with Crippen molar-refractivity contribution in [3.63, 3.8) is 0 Å². The van der Waals surface area contributed by atoms with E-state index in [0.717, 1.165) is 6.42 Å². The van der Waals surface area contributed by atoms with Gasteiger partial charge in [-0.05, 0) is 24.0 Å². The molecule has 0 saturated carbocycles. The summed E-state index contributed by atoms with van der Waals surface area (Å²) in [7, 11) is 0. The molecule has 0 heterocycles. The molecule has 0 aromatic heterocycles. The lowest BCUT2D eigenvalue weighted by Gasteiger charge is -2.18. The van der Waals surface area contributed by atoms with Gasteiger partial charge in [0.1, 0.15) is 5.75 Å². The average Bonchev–Trinajstić information content (AvgIpc) is 2.27. The molecule has 2 heteroatoms. The molecule has 0 atom stereocenters. The first kappa shape index (κ1) is 13.8. The number of hydrogen-bond donors (Lipinski definition) is 0. The molecule has 1 aromatic carbocycles. The molecule has 1 rings (SSSR count). The van der Waals surface area contributed by atoms with Crippen molar-refractivity contribution in [2.45, 2.75) is 40.5 Å². The number of benzene rings is 1. The van der Waals surface area contributed by atoms with Crippen molar-refractivity contribution >= 4 is 5.78 Å². The van der Waals surface area contributed by atoms with Crippen molar-refractivity contribution in [3.05, 3.63) is 29.8 Å². The Labute approximate surface area is 104 Å². The molecule has 0 aliphatic rings. The van der Waals surface area contributed by atoms with E-state index in [1.165, 1.54) is 0 Å². The maximum atomic E-state index is 11.7. The molecule has 94 valence electrons. The second-order valence-electron chi connectivity index (χ2n) is 5.43. The van der Waals surface area contributed by atoms with Crippen LogP contribution in [0.2, 0.25) is 0 Å². The maximum absolute atomic E-state index is 11.7. The zero-order chi connectivity index (χ0) is 12.9. The van der Waals surface area contributed by atoms with Crippen LogP contribution in [0.15, 0.2) is 24.3 Å². The summed E-state index contributed by atoms with van der Waals surface area (Å²) < 4.78 is 5.72. The van der Waals surface area contributed by atoms with Crippen LogP contribution < -0.4 is 4.74 Å². The van der Waals surface area contributed by atoms with Gasteiger partial charge < -0.3 is 4.74 Å². The van der Waals surface area contributed by atoms with Crippen LogP contribution in [0, 0.1) is 5.41 Å². The normalized spacial score (nSPS) is 11.3. The molecule has 0 fully saturated rings. The number of Topliss-reactive ketones (excluding diaryl/α,β-unsaturated/α-hetero) is 1. The molecule has 0 N–H and O–H groups in total. The van der Waals surface area contributed by atoms with Crippen LogP contribution in [0.1, 0.15) is 50.9 Å². The van der Waals surface area contributed by atoms with E-state index in [9.17, 15) is 4.79 Å². The molecule has 0 bridgehead atoms. The van der Waals surface area contributed by atoms with Crippen LogP contribution in [-0.2, 0) is 0 Å². The topological polar surface area (TPSA) is 26.3 Å². The summed E-state index contributed by atoms with van der Waals surface area (Å²) in [5, 5.41) is 0. The molecule has 0 saturated heterocycles. The minimum Gasteiger partial charge on any atom is -0.493 e. The standard InChI is InChI=1S/C15H22O2/c1-5-13(16)12-8-6-7-9-14(12)17-11-10-15(2,3)4/h6-9H,5,10-11H2,1-4H3. The quantitative estimate of drug-likeness (QED) is 0.717. The fourth-order valence-electron chi connectivity index (χ4n) is 1.48. The molecule has 1 aromatic rings. The zero-order valence-electron chi connectivity index (χ0n) is 11.2. The predicted octanol–water partition coefficient (Wildman–Crippen LogP) is 4.09. The van der Waals surface area contributed by atoms with Crippen LogP contribution >= 0.6 is 0 Å². The summed E-state index contributed by atoms with van der Waals surface area (Å²) in [6, 6.07) is 7.47. The highest BCUT2D eigenvalue weighted by Gasteiger charge is 2.13. The van der Waals surface area contributed by atoms with Gasteiger partial charge in [-0.15, -0.1) is 0 Å². The van der Waals surface area contributed by atoms with Gasteiger partial charge in [0.05, 0.1) is 12.2 Å². The van der Waals surface area contributed by atoms with E-state index in [0.29, 0.717) is 24.3 Å². The Hall–Kier alpha value is -1.31. The van der Waals surface area contributed by atoms with Gasteiger partial charge >= 0.3 is 0 Å². The molecular weight excluding hydrogens is 212 g/mol. The van der Waals surface area contributed by atoms with Gasteiger partial charge in [0, 0.05) is 6.42 Å². The Morgan fingerprint density at radius 1 is 1.24 bits per heavy atom. The largest absolute Gasteiger partial charge is 0.493 e. The molecule has 0 spiro atoms. The van der Waals surface area contributed by atoms with Gasteiger partial charge in [0.2, 0.25) is 0 Å². The van der Waals surface area contributed by atoms with Crippen LogP contribution in [0.25, 0.3) is 0 Å². The highest BCUT2D eigenvalue weighted by atomic mass is 16.5. The number of carbonyl (C=O) groups is 1. The van der Waals surface area contributed by atoms with E-state index in [1.807, 2.05) is 31.2 Å². The van der Waals surface area contributed by atoms with E-state index < -0.39 is 0 Å². The van der Waals surface area contributed by atoms with E-state index in [2.05, 4.69) is 20.8 Å². The third-order valence-corrected chi connectivity index (χ3v) is 2.62. The molecule has 0 unspecified atom stereocenters. The molecule has 17 heavy (non-hydrogen) atoms. The third kappa shape index (κ3) is 4.59. The van der Waals surface area contributed by atoms with Crippen LogP contribution in [0.3, 0.4) is 0 Å². The number of para-hydroxylation sites is 1. The van der Waals surface area contributed by atoms with Crippen LogP contribution in [-0.4, -0.2) is 12.4 Å². The maximum Gasteiger partial charge on any atom is 0.166 e. The van der Waals surface area contributed by atoms with Crippen LogP contribution in [0.5, 0.6) is 5.75 Å². The Kier molecular flexibility index (Phi) is 4.73. The van der Waals surface area contributed by atoms with Crippen molar-refractivity contribution in [1.82, 2.24) is 0 Å². The Balaban J connectivity index is 2.68. The van der Waals surface area contributed by atoms with Crippen molar-refractivity contribution in [1.29, 1.82) is 0 Å². The van der Waals surface area contributed by atoms with Crippen molar-refractivity contribution in [2.24, 2.45) is 5.41 Å². The lowest BCUT2D eigenvalue weighted by atomic mass is 9.93. The number of ketones is 1. The Bertz CT molecular complexity index is 375. The summed E-state index contributed by atoms with van der Waals surface area (Å²) in [5.41, 5.74) is 0.952. The summed E-state index contributed by atoms with van der Waals surface area (Å²) in [6.45, 7) is 9.06. The molecule has 2 nitrogen and oxygen atoms in total.